The summed E-state index contributed by atoms with van der Waals surface area (Å²) in [5.74, 6) is -0.396. The predicted octanol–water partition coefficient (Wildman–Crippen LogP) is 2.19. The van der Waals surface area contributed by atoms with E-state index in [1.165, 1.54) is 16.4 Å². The van der Waals surface area contributed by atoms with Gasteiger partial charge in [-0.25, -0.2) is 8.42 Å². The topological polar surface area (TPSA) is 101 Å². The summed E-state index contributed by atoms with van der Waals surface area (Å²) < 4.78 is 26.6. The first kappa shape index (κ1) is 20.0. The van der Waals surface area contributed by atoms with Gasteiger partial charge in [-0.15, -0.1) is 0 Å². The summed E-state index contributed by atoms with van der Waals surface area (Å²) in [6, 6.07) is 13.4. The SMILES string of the molecule is Cc1c(C(=O)N2CCN(S(=O)(=O)Cc3ccccc3)CC2)cccc1[N+](=O)[O-]. The van der Waals surface area contributed by atoms with Crippen LogP contribution in [-0.4, -0.2) is 54.6 Å². The fraction of sp³-hybridized carbons (Fsp3) is 0.316. The van der Waals surface area contributed by atoms with Gasteiger partial charge in [-0.2, -0.15) is 4.31 Å². The molecule has 1 aliphatic heterocycles. The number of carbonyl (C=O) groups excluding carboxylic acids is 1. The summed E-state index contributed by atoms with van der Waals surface area (Å²) in [5.41, 5.74) is 1.20. The molecule has 1 saturated heterocycles. The van der Waals surface area contributed by atoms with Crippen molar-refractivity contribution in [3.05, 3.63) is 75.3 Å². The lowest BCUT2D eigenvalue weighted by Gasteiger charge is -2.34. The second kappa shape index (κ2) is 8.07. The molecule has 2 aromatic carbocycles. The van der Waals surface area contributed by atoms with Crippen molar-refractivity contribution >= 4 is 21.6 Å². The first-order chi connectivity index (χ1) is 13.3. The van der Waals surface area contributed by atoms with Gasteiger partial charge in [0.1, 0.15) is 0 Å². The highest BCUT2D eigenvalue weighted by atomic mass is 32.2. The molecule has 3 rings (SSSR count). The number of amides is 1. The number of nitro benzene ring substituents is 1. The number of hydrogen-bond acceptors (Lipinski definition) is 5. The molecule has 1 amide bonds. The third-order valence-corrected chi connectivity index (χ3v) is 6.69. The summed E-state index contributed by atoms with van der Waals surface area (Å²) in [6.07, 6.45) is 0. The first-order valence-corrected chi connectivity index (χ1v) is 10.5. The van der Waals surface area contributed by atoms with Crippen molar-refractivity contribution in [3.63, 3.8) is 0 Å². The van der Waals surface area contributed by atoms with Crippen LogP contribution in [-0.2, 0) is 15.8 Å². The Kier molecular flexibility index (Phi) is 5.76. The average molecular weight is 403 g/mol. The second-order valence-corrected chi connectivity index (χ2v) is 8.61. The number of nitrogens with zero attached hydrogens (tertiary/aromatic N) is 3. The van der Waals surface area contributed by atoms with E-state index in [0.717, 1.165) is 0 Å². The molecule has 8 nitrogen and oxygen atoms in total. The lowest BCUT2D eigenvalue weighted by atomic mass is 10.1. The van der Waals surface area contributed by atoms with Gasteiger partial charge in [0.2, 0.25) is 10.0 Å². The van der Waals surface area contributed by atoms with Crippen LogP contribution in [0, 0.1) is 17.0 Å². The Morgan fingerprint density at radius 3 is 2.29 bits per heavy atom. The van der Waals surface area contributed by atoms with E-state index in [4.69, 9.17) is 0 Å². The van der Waals surface area contributed by atoms with Crippen molar-refractivity contribution < 1.29 is 18.1 Å². The smallest absolute Gasteiger partial charge is 0.273 e. The number of piperazine rings is 1. The molecule has 1 aliphatic rings. The number of rotatable bonds is 5. The van der Waals surface area contributed by atoms with E-state index in [0.29, 0.717) is 11.1 Å². The minimum Gasteiger partial charge on any atom is -0.336 e. The van der Waals surface area contributed by atoms with Gasteiger partial charge in [-0.1, -0.05) is 36.4 Å². The van der Waals surface area contributed by atoms with Crippen molar-refractivity contribution in [1.82, 2.24) is 9.21 Å². The highest BCUT2D eigenvalue weighted by molar-refractivity contribution is 7.88. The molecule has 0 aliphatic carbocycles. The van der Waals surface area contributed by atoms with E-state index < -0.39 is 14.9 Å². The maximum atomic E-state index is 12.8. The highest BCUT2D eigenvalue weighted by Crippen LogP contribution is 2.23. The molecule has 0 unspecified atom stereocenters. The maximum Gasteiger partial charge on any atom is 0.273 e. The highest BCUT2D eigenvalue weighted by Gasteiger charge is 2.30. The molecule has 1 heterocycles. The quantitative estimate of drug-likeness (QED) is 0.563. The third-order valence-electron chi connectivity index (χ3n) is 4.84. The molecule has 9 heteroatoms. The molecular weight excluding hydrogens is 382 g/mol. The average Bonchev–Trinajstić information content (AvgIpc) is 2.68. The summed E-state index contributed by atoms with van der Waals surface area (Å²) in [7, 11) is -3.47. The van der Waals surface area contributed by atoms with Gasteiger partial charge in [0.25, 0.3) is 11.6 Å². The monoisotopic (exact) mass is 403 g/mol. The Morgan fingerprint density at radius 1 is 1.04 bits per heavy atom. The van der Waals surface area contributed by atoms with E-state index in [9.17, 15) is 23.3 Å². The second-order valence-electron chi connectivity index (χ2n) is 6.64. The van der Waals surface area contributed by atoms with Gasteiger partial charge in [-0.05, 0) is 18.6 Å². The van der Waals surface area contributed by atoms with E-state index in [1.807, 2.05) is 6.07 Å². The molecule has 0 bridgehead atoms. The molecule has 0 radical (unpaired) electrons. The fourth-order valence-corrected chi connectivity index (χ4v) is 4.78. The van der Waals surface area contributed by atoms with Gasteiger partial charge >= 0.3 is 0 Å². The van der Waals surface area contributed by atoms with Crippen molar-refractivity contribution in [2.45, 2.75) is 12.7 Å². The summed E-state index contributed by atoms with van der Waals surface area (Å²) in [5, 5.41) is 11.1. The van der Waals surface area contributed by atoms with Crippen LogP contribution < -0.4 is 0 Å². The van der Waals surface area contributed by atoms with Crippen molar-refractivity contribution in [2.75, 3.05) is 26.2 Å². The molecule has 28 heavy (non-hydrogen) atoms. The lowest BCUT2D eigenvalue weighted by molar-refractivity contribution is -0.385. The largest absolute Gasteiger partial charge is 0.336 e. The normalized spacial score (nSPS) is 15.4. The molecule has 148 valence electrons. The summed E-state index contributed by atoms with van der Waals surface area (Å²) in [6.45, 7) is 2.44. The minimum absolute atomic E-state index is 0.0776. The number of carbonyl (C=O) groups is 1. The van der Waals surface area contributed by atoms with Crippen LogP contribution in [0.5, 0.6) is 0 Å². The molecule has 0 atom stereocenters. The van der Waals surface area contributed by atoms with Crippen LogP contribution in [0.15, 0.2) is 48.5 Å². The number of sulfonamides is 1. The van der Waals surface area contributed by atoms with Crippen molar-refractivity contribution in [3.8, 4) is 0 Å². The molecule has 2 aromatic rings. The Balaban J connectivity index is 1.68. The molecule has 0 saturated carbocycles. The van der Waals surface area contributed by atoms with Crippen LogP contribution in [0.4, 0.5) is 5.69 Å². The lowest BCUT2D eigenvalue weighted by Crippen LogP contribution is -2.50. The predicted molar refractivity (Wildman–Crippen MR) is 104 cm³/mol. The standard InChI is InChI=1S/C19H21N3O5S/c1-15-17(8-5-9-18(15)22(24)25)19(23)20-10-12-21(13-11-20)28(26,27)14-16-6-3-2-4-7-16/h2-9H,10-14H2,1H3. The van der Waals surface area contributed by atoms with Crippen LogP contribution >= 0.6 is 0 Å². The number of hydrogen-bond donors (Lipinski definition) is 0. The summed E-state index contributed by atoms with van der Waals surface area (Å²) in [4.78, 5) is 24.9. The molecule has 1 fully saturated rings. The van der Waals surface area contributed by atoms with Gasteiger partial charge in [0.05, 0.1) is 10.7 Å². The minimum atomic E-state index is -3.47. The maximum absolute atomic E-state index is 12.8. The van der Waals surface area contributed by atoms with Gasteiger partial charge in [0, 0.05) is 43.4 Å². The van der Waals surface area contributed by atoms with Crippen LogP contribution in [0.1, 0.15) is 21.5 Å². The zero-order valence-electron chi connectivity index (χ0n) is 15.4. The van der Waals surface area contributed by atoms with Crippen LogP contribution in [0.3, 0.4) is 0 Å². The zero-order chi connectivity index (χ0) is 20.3. The fourth-order valence-electron chi connectivity index (χ4n) is 3.27. The zero-order valence-corrected chi connectivity index (χ0v) is 16.3. The summed E-state index contributed by atoms with van der Waals surface area (Å²) >= 11 is 0. The van der Waals surface area contributed by atoms with Gasteiger partial charge < -0.3 is 4.90 Å². The van der Waals surface area contributed by atoms with Crippen LogP contribution in [0.25, 0.3) is 0 Å². The Labute approximate surface area is 163 Å². The van der Waals surface area contributed by atoms with E-state index in [2.05, 4.69) is 0 Å². The number of benzene rings is 2. The first-order valence-electron chi connectivity index (χ1n) is 8.84. The Bertz CT molecular complexity index is 984. The Morgan fingerprint density at radius 2 is 1.68 bits per heavy atom. The molecular formula is C19H21N3O5S. The van der Waals surface area contributed by atoms with E-state index >= 15 is 0 Å². The van der Waals surface area contributed by atoms with Gasteiger partial charge in [-0.3, -0.25) is 14.9 Å². The molecule has 0 spiro atoms. The molecule has 0 N–H and O–H groups in total. The van der Waals surface area contributed by atoms with Gasteiger partial charge in [0.15, 0.2) is 0 Å². The third kappa shape index (κ3) is 4.20. The number of nitro groups is 1. The van der Waals surface area contributed by atoms with E-state index in [-0.39, 0.29) is 49.1 Å². The molecule has 0 aromatic heterocycles. The van der Waals surface area contributed by atoms with Crippen molar-refractivity contribution in [2.24, 2.45) is 0 Å². The van der Waals surface area contributed by atoms with Crippen molar-refractivity contribution in [1.29, 1.82) is 0 Å². The van der Waals surface area contributed by atoms with E-state index in [1.54, 1.807) is 42.2 Å². The Hall–Kier alpha value is -2.78. The van der Waals surface area contributed by atoms with Crippen LogP contribution in [0.2, 0.25) is 0 Å².